The highest BCUT2D eigenvalue weighted by atomic mass is 35.5. The molecule has 0 bridgehead atoms. The number of rotatable bonds is 6. The number of aromatic nitrogens is 1. The summed E-state index contributed by atoms with van der Waals surface area (Å²) in [6, 6.07) is 11.2. The van der Waals surface area contributed by atoms with Gasteiger partial charge in [-0.1, -0.05) is 11.6 Å². The minimum absolute atomic E-state index is 0.573. The zero-order valence-electron chi connectivity index (χ0n) is 12.1. The zero-order chi connectivity index (χ0) is 15.4. The van der Waals surface area contributed by atoms with Gasteiger partial charge in [0.1, 0.15) is 6.07 Å². The van der Waals surface area contributed by atoms with E-state index in [2.05, 4.69) is 16.4 Å². The standard InChI is InChI=1S/C17H16ClN3O/c18-15-4-3-14(9-19)16(8-15)21-10-13-5-6-20-17(7-13)22-11-12-1-2-12/h3-8,12,21H,1-2,10-11H2. The lowest BCUT2D eigenvalue weighted by molar-refractivity contribution is 0.288. The first-order valence-electron chi connectivity index (χ1n) is 7.26. The smallest absolute Gasteiger partial charge is 0.213 e. The van der Waals surface area contributed by atoms with Crippen molar-refractivity contribution in [2.45, 2.75) is 19.4 Å². The Kier molecular flexibility index (Phi) is 4.45. The van der Waals surface area contributed by atoms with Gasteiger partial charge in [-0.3, -0.25) is 0 Å². The summed E-state index contributed by atoms with van der Waals surface area (Å²) < 4.78 is 5.67. The van der Waals surface area contributed by atoms with Crippen LogP contribution in [0.3, 0.4) is 0 Å². The molecule has 0 spiro atoms. The van der Waals surface area contributed by atoms with Crippen LogP contribution in [0.5, 0.6) is 5.88 Å². The predicted octanol–water partition coefficient (Wildman–Crippen LogP) is 4.01. The number of nitrogens with one attached hydrogen (secondary N) is 1. The number of anilines is 1. The fraction of sp³-hybridized carbons (Fsp3) is 0.294. The van der Waals surface area contributed by atoms with Gasteiger partial charge in [-0.25, -0.2) is 4.98 Å². The monoisotopic (exact) mass is 313 g/mol. The fourth-order valence-corrected chi connectivity index (χ4v) is 2.26. The molecule has 0 amide bonds. The van der Waals surface area contributed by atoms with E-state index in [0.717, 1.165) is 17.9 Å². The lowest BCUT2D eigenvalue weighted by atomic mass is 10.2. The molecule has 1 saturated carbocycles. The van der Waals surface area contributed by atoms with Crippen LogP contribution in [0, 0.1) is 17.2 Å². The largest absolute Gasteiger partial charge is 0.477 e. The van der Waals surface area contributed by atoms with Crippen LogP contribution in [0.4, 0.5) is 5.69 Å². The van der Waals surface area contributed by atoms with Crippen molar-refractivity contribution in [2.75, 3.05) is 11.9 Å². The van der Waals surface area contributed by atoms with E-state index >= 15 is 0 Å². The molecule has 1 aromatic heterocycles. The van der Waals surface area contributed by atoms with Gasteiger partial charge in [-0.2, -0.15) is 5.26 Å². The van der Waals surface area contributed by atoms with Crippen molar-refractivity contribution in [3.05, 3.63) is 52.7 Å². The molecule has 1 fully saturated rings. The first kappa shape index (κ1) is 14.7. The van der Waals surface area contributed by atoms with Gasteiger partial charge in [0, 0.05) is 23.8 Å². The normalized spacial score (nSPS) is 13.5. The molecule has 22 heavy (non-hydrogen) atoms. The van der Waals surface area contributed by atoms with Gasteiger partial charge in [0.2, 0.25) is 5.88 Å². The zero-order valence-corrected chi connectivity index (χ0v) is 12.8. The molecule has 0 atom stereocenters. The SMILES string of the molecule is N#Cc1ccc(Cl)cc1NCc1ccnc(OCC2CC2)c1. The van der Waals surface area contributed by atoms with E-state index in [1.54, 1.807) is 24.4 Å². The lowest BCUT2D eigenvalue weighted by Gasteiger charge is -2.10. The quantitative estimate of drug-likeness (QED) is 0.875. The van der Waals surface area contributed by atoms with E-state index in [9.17, 15) is 0 Å². The number of hydrogen-bond acceptors (Lipinski definition) is 4. The molecule has 2 aromatic rings. The molecule has 1 aliphatic rings. The van der Waals surface area contributed by atoms with E-state index in [0.29, 0.717) is 28.9 Å². The molecule has 1 aromatic carbocycles. The van der Waals surface area contributed by atoms with Crippen LogP contribution < -0.4 is 10.1 Å². The number of nitriles is 1. The lowest BCUT2D eigenvalue weighted by Crippen LogP contribution is -2.04. The molecule has 1 aliphatic carbocycles. The van der Waals surface area contributed by atoms with E-state index < -0.39 is 0 Å². The summed E-state index contributed by atoms with van der Waals surface area (Å²) in [5, 5.41) is 13.0. The third-order valence-corrected chi connectivity index (χ3v) is 3.78. The molecule has 4 nitrogen and oxygen atoms in total. The van der Waals surface area contributed by atoms with Crippen molar-refractivity contribution >= 4 is 17.3 Å². The molecule has 112 valence electrons. The minimum Gasteiger partial charge on any atom is -0.477 e. The van der Waals surface area contributed by atoms with Gasteiger partial charge >= 0.3 is 0 Å². The summed E-state index contributed by atoms with van der Waals surface area (Å²) in [5.74, 6) is 1.35. The van der Waals surface area contributed by atoms with Gasteiger partial charge in [-0.15, -0.1) is 0 Å². The maximum Gasteiger partial charge on any atom is 0.213 e. The topological polar surface area (TPSA) is 57.9 Å². The Balaban J connectivity index is 1.64. The van der Waals surface area contributed by atoms with E-state index in [1.807, 2.05) is 12.1 Å². The minimum atomic E-state index is 0.573. The Bertz CT molecular complexity index is 707. The molecule has 0 unspecified atom stereocenters. The van der Waals surface area contributed by atoms with Crippen LogP contribution in [-0.2, 0) is 6.54 Å². The van der Waals surface area contributed by atoms with Gasteiger partial charge in [0.05, 0.1) is 17.9 Å². The van der Waals surface area contributed by atoms with Crippen LogP contribution in [0.25, 0.3) is 0 Å². The highest BCUT2D eigenvalue weighted by Crippen LogP contribution is 2.29. The predicted molar refractivity (Wildman–Crippen MR) is 85.9 cm³/mol. The summed E-state index contributed by atoms with van der Waals surface area (Å²) in [7, 11) is 0. The Morgan fingerprint density at radius 3 is 2.95 bits per heavy atom. The third kappa shape index (κ3) is 3.90. The number of halogens is 1. The molecular weight excluding hydrogens is 298 g/mol. The summed E-state index contributed by atoms with van der Waals surface area (Å²) in [6.07, 6.45) is 4.25. The average molecular weight is 314 g/mol. The van der Waals surface area contributed by atoms with E-state index in [4.69, 9.17) is 21.6 Å². The Morgan fingerprint density at radius 2 is 2.18 bits per heavy atom. The van der Waals surface area contributed by atoms with Crippen LogP contribution >= 0.6 is 11.6 Å². The van der Waals surface area contributed by atoms with E-state index in [1.165, 1.54) is 12.8 Å². The fourth-order valence-electron chi connectivity index (χ4n) is 2.08. The second kappa shape index (κ2) is 6.67. The number of hydrogen-bond donors (Lipinski definition) is 1. The number of nitrogens with zero attached hydrogens (tertiary/aromatic N) is 2. The van der Waals surface area contributed by atoms with Crippen LogP contribution in [0.2, 0.25) is 5.02 Å². The maximum atomic E-state index is 9.12. The van der Waals surface area contributed by atoms with E-state index in [-0.39, 0.29) is 0 Å². The second-order valence-electron chi connectivity index (χ2n) is 5.41. The van der Waals surface area contributed by atoms with Crippen molar-refractivity contribution in [3.63, 3.8) is 0 Å². The average Bonchev–Trinajstić information content (AvgIpc) is 3.36. The summed E-state index contributed by atoms with van der Waals surface area (Å²) in [6.45, 7) is 1.33. The van der Waals surface area contributed by atoms with Crippen molar-refractivity contribution in [1.29, 1.82) is 5.26 Å². The Hall–Kier alpha value is -2.25. The first-order chi connectivity index (χ1) is 10.7. The van der Waals surface area contributed by atoms with Crippen molar-refractivity contribution in [2.24, 2.45) is 5.92 Å². The highest BCUT2D eigenvalue weighted by Gasteiger charge is 2.22. The first-order valence-corrected chi connectivity index (χ1v) is 7.63. The molecule has 0 radical (unpaired) electrons. The molecule has 1 heterocycles. The summed E-state index contributed by atoms with van der Waals surface area (Å²) in [5.41, 5.74) is 2.35. The summed E-state index contributed by atoms with van der Waals surface area (Å²) in [4.78, 5) is 4.22. The van der Waals surface area contributed by atoms with Crippen molar-refractivity contribution in [1.82, 2.24) is 4.98 Å². The van der Waals surface area contributed by atoms with Gasteiger partial charge in [0.25, 0.3) is 0 Å². The number of pyridine rings is 1. The molecule has 5 heteroatoms. The Labute approximate surface area is 134 Å². The molecular formula is C17H16ClN3O. The molecule has 0 saturated heterocycles. The summed E-state index contributed by atoms with van der Waals surface area (Å²) >= 11 is 5.98. The Morgan fingerprint density at radius 1 is 1.32 bits per heavy atom. The third-order valence-electron chi connectivity index (χ3n) is 3.55. The number of ether oxygens (including phenoxy) is 1. The van der Waals surface area contributed by atoms with Gasteiger partial charge in [0.15, 0.2) is 0 Å². The van der Waals surface area contributed by atoms with Crippen LogP contribution in [0.15, 0.2) is 36.5 Å². The number of benzene rings is 1. The molecule has 3 rings (SSSR count). The van der Waals surface area contributed by atoms with Gasteiger partial charge in [-0.05, 0) is 48.6 Å². The second-order valence-corrected chi connectivity index (χ2v) is 5.85. The molecule has 0 aliphatic heterocycles. The van der Waals surface area contributed by atoms with Crippen LogP contribution in [0.1, 0.15) is 24.0 Å². The highest BCUT2D eigenvalue weighted by molar-refractivity contribution is 6.30. The van der Waals surface area contributed by atoms with Crippen LogP contribution in [-0.4, -0.2) is 11.6 Å². The maximum absolute atomic E-state index is 9.12. The van der Waals surface area contributed by atoms with Crippen molar-refractivity contribution < 1.29 is 4.74 Å². The van der Waals surface area contributed by atoms with Crippen molar-refractivity contribution in [3.8, 4) is 11.9 Å². The van der Waals surface area contributed by atoms with Gasteiger partial charge < -0.3 is 10.1 Å². The molecule has 1 N–H and O–H groups in total.